The second-order valence-electron chi connectivity index (χ2n) is 4.55. The van der Waals surface area contributed by atoms with Gasteiger partial charge >= 0.3 is 6.18 Å². The molecule has 0 bridgehead atoms. The predicted molar refractivity (Wildman–Crippen MR) is 76.4 cm³/mol. The number of thiazole rings is 1. The Labute approximate surface area is 124 Å². The number of hydrogen-bond acceptors (Lipinski definition) is 5. The first-order valence-electron chi connectivity index (χ1n) is 6.45. The van der Waals surface area contributed by atoms with Crippen LogP contribution in [0.1, 0.15) is 29.7 Å². The van der Waals surface area contributed by atoms with E-state index in [2.05, 4.69) is 20.3 Å². The number of rotatable bonds is 4. The van der Waals surface area contributed by atoms with Gasteiger partial charge in [0.05, 0.1) is 10.6 Å². The van der Waals surface area contributed by atoms with Crippen LogP contribution in [0, 0.1) is 13.8 Å². The van der Waals surface area contributed by atoms with Crippen LogP contribution in [0.2, 0.25) is 0 Å². The number of aromatic nitrogens is 3. The van der Waals surface area contributed by atoms with Crippen molar-refractivity contribution in [1.82, 2.24) is 15.0 Å². The van der Waals surface area contributed by atoms with E-state index in [1.807, 2.05) is 6.92 Å². The molecule has 0 saturated heterocycles. The number of aryl methyl sites for hydroxylation is 1. The third-order valence-electron chi connectivity index (χ3n) is 2.78. The minimum absolute atomic E-state index is 0.393. The lowest BCUT2D eigenvalue weighted by Crippen LogP contribution is -2.07. The van der Waals surface area contributed by atoms with Crippen LogP contribution >= 0.6 is 11.3 Å². The minimum Gasteiger partial charge on any atom is -0.370 e. The summed E-state index contributed by atoms with van der Waals surface area (Å²) < 4.78 is 37.9. The van der Waals surface area contributed by atoms with Gasteiger partial charge < -0.3 is 5.32 Å². The first-order chi connectivity index (χ1) is 9.82. The van der Waals surface area contributed by atoms with Gasteiger partial charge in [0.15, 0.2) is 5.01 Å². The topological polar surface area (TPSA) is 50.7 Å². The molecule has 0 aromatic carbocycles. The Balaban J connectivity index is 2.44. The van der Waals surface area contributed by atoms with Crippen molar-refractivity contribution in [3.8, 4) is 10.6 Å². The third-order valence-corrected chi connectivity index (χ3v) is 3.83. The Kier molecular flexibility index (Phi) is 4.46. The lowest BCUT2D eigenvalue weighted by molar-refractivity contribution is -0.137. The maximum Gasteiger partial charge on any atom is 0.443 e. The number of anilines is 1. The molecule has 2 aromatic rings. The van der Waals surface area contributed by atoms with Gasteiger partial charge in [0.2, 0.25) is 0 Å². The standard InChI is InChI=1S/C13H15F3N4S/c1-4-5-17-11-7(2)10(19-8(3)20-11)9-6-18-12(21-9)13(14,15)16/h6H,4-5H2,1-3H3,(H,17,19,20). The fourth-order valence-electron chi connectivity index (χ4n) is 1.80. The van der Waals surface area contributed by atoms with E-state index in [0.717, 1.165) is 18.5 Å². The quantitative estimate of drug-likeness (QED) is 0.924. The summed E-state index contributed by atoms with van der Waals surface area (Å²) in [5, 5.41) is 2.30. The Bertz CT molecular complexity index is 637. The van der Waals surface area contributed by atoms with E-state index >= 15 is 0 Å². The van der Waals surface area contributed by atoms with E-state index in [0.29, 0.717) is 33.6 Å². The van der Waals surface area contributed by atoms with Crippen LogP contribution in [0.15, 0.2) is 6.20 Å². The SMILES string of the molecule is CCCNc1nc(C)nc(-c2cnc(C(F)(F)F)s2)c1C. The second-order valence-corrected chi connectivity index (χ2v) is 5.58. The molecule has 0 amide bonds. The molecule has 0 aliphatic carbocycles. The molecule has 0 saturated carbocycles. The number of alkyl halides is 3. The highest BCUT2D eigenvalue weighted by atomic mass is 32.1. The Morgan fingerprint density at radius 3 is 2.52 bits per heavy atom. The van der Waals surface area contributed by atoms with E-state index in [1.165, 1.54) is 6.20 Å². The molecule has 4 nitrogen and oxygen atoms in total. The van der Waals surface area contributed by atoms with Gasteiger partial charge in [-0.05, 0) is 20.3 Å². The van der Waals surface area contributed by atoms with E-state index in [9.17, 15) is 13.2 Å². The van der Waals surface area contributed by atoms with Crippen LogP contribution in [0.5, 0.6) is 0 Å². The van der Waals surface area contributed by atoms with Gasteiger partial charge in [-0.15, -0.1) is 11.3 Å². The second kappa shape index (κ2) is 5.97. The molecular formula is C13H15F3N4S. The zero-order valence-corrected chi connectivity index (χ0v) is 12.7. The first-order valence-corrected chi connectivity index (χ1v) is 7.27. The minimum atomic E-state index is -4.43. The predicted octanol–water partition coefficient (Wildman–Crippen LogP) is 4.06. The van der Waals surface area contributed by atoms with Crippen molar-refractivity contribution in [1.29, 1.82) is 0 Å². The third kappa shape index (κ3) is 3.49. The van der Waals surface area contributed by atoms with Crippen molar-refractivity contribution in [2.24, 2.45) is 0 Å². The summed E-state index contributed by atoms with van der Waals surface area (Å²) in [5.41, 5.74) is 1.22. The van der Waals surface area contributed by atoms with Gasteiger partial charge in [-0.1, -0.05) is 6.92 Å². The van der Waals surface area contributed by atoms with Crippen molar-refractivity contribution >= 4 is 17.2 Å². The smallest absolute Gasteiger partial charge is 0.370 e. The van der Waals surface area contributed by atoms with E-state index in [4.69, 9.17) is 0 Å². The molecule has 0 spiro atoms. The van der Waals surface area contributed by atoms with Crippen LogP contribution in [-0.2, 0) is 6.18 Å². The number of hydrogen-bond donors (Lipinski definition) is 1. The van der Waals surface area contributed by atoms with E-state index < -0.39 is 11.2 Å². The highest BCUT2D eigenvalue weighted by Gasteiger charge is 2.35. The highest BCUT2D eigenvalue weighted by Crippen LogP contribution is 2.37. The molecule has 2 heterocycles. The van der Waals surface area contributed by atoms with Gasteiger partial charge in [0, 0.05) is 18.3 Å². The average Bonchev–Trinajstić information content (AvgIpc) is 2.88. The van der Waals surface area contributed by atoms with E-state index in [1.54, 1.807) is 13.8 Å². The summed E-state index contributed by atoms with van der Waals surface area (Å²) in [5.74, 6) is 1.16. The molecule has 0 unspecified atom stereocenters. The lowest BCUT2D eigenvalue weighted by Gasteiger charge is -2.11. The fraction of sp³-hybridized carbons (Fsp3) is 0.462. The molecule has 0 aliphatic heterocycles. The maximum absolute atomic E-state index is 12.6. The maximum atomic E-state index is 12.6. The van der Waals surface area contributed by atoms with Gasteiger partial charge in [-0.25, -0.2) is 15.0 Å². The molecule has 8 heteroatoms. The van der Waals surface area contributed by atoms with Gasteiger partial charge in [-0.2, -0.15) is 13.2 Å². The Morgan fingerprint density at radius 2 is 1.95 bits per heavy atom. The molecule has 0 radical (unpaired) electrons. The molecule has 1 N–H and O–H groups in total. The lowest BCUT2D eigenvalue weighted by atomic mass is 10.2. The summed E-state index contributed by atoms with van der Waals surface area (Å²) in [4.78, 5) is 12.4. The molecule has 21 heavy (non-hydrogen) atoms. The number of halogens is 3. The van der Waals surface area contributed by atoms with Crippen LogP contribution < -0.4 is 5.32 Å². The molecule has 2 rings (SSSR count). The number of nitrogens with zero attached hydrogens (tertiary/aromatic N) is 3. The van der Waals surface area contributed by atoms with Crippen molar-refractivity contribution in [2.75, 3.05) is 11.9 Å². The fourth-order valence-corrected chi connectivity index (χ4v) is 2.63. The van der Waals surface area contributed by atoms with Crippen LogP contribution in [0.4, 0.5) is 19.0 Å². The molecule has 2 aromatic heterocycles. The van der Waals surface area contributed by atoms with Crippen LogP contribution in [-0.4, -0.2) is 21.5 Å². The first kappa shape index (κ1) is 15.7. The molecule has 0 aliphatic rings. The van der Waals surface area contributed by atoms with Gasteiger partial charge in [0.25, 0.3) is 0 Å². The van der Waals surface area contributed by atoms with Crippen molar-refractivity contribution in [3.05, 3.63) is 22.6 Å². The summed E-state index contributed by atoms with van der Waals surface area (Å²) in [6, 6.07) is 0. The molecule has 114 valence electrons. The molecule has 0 fully saturated rings. The molecule has 0 atom stereocenters. The van der Waals surface area contributed by atoms with Gasteiger partial charge in [-0.3, -0.25) is 0 Å². The average molecular weight is 316 g/mol. The van der Waals surface area contributed by atoms with Gasteiger partial charge in [0.1, 0.15) is 11.6 Å². The summed E-state index contributed by atoms with van der Waals surface area (Å²) in [7, 11) is 0. The zero-order chi connectivity index (χ0) is 15.6. The largest absolute Gasteiger partial charge is 0.443 e. The number of nitrogens with one attached hydrogen (secondary N) is 1. The van der Waals surface area contributed by atoms with Crippen LogP contribution in [0.3, 0.4) is 0 Å². The van der Waals surface area contributed by atoms with Crippen LogP contribution in [0.25, 0.3) is 10.6 Å². The summed E-state index contributed by atoms with van der Waals surface area (Å²) in [6.07, 6.45) is -2.29. The van der Waals surface area contributed by atoms with E-state index in [-0.39, 0.29) is 0 Å². The summed E-state index contributed by atoms with van der Waals surface area (Å²) in [6.45, 7) is 6.27. The van der Waals surface area contributed by atoms with Crippen molar-refractivity contribution in [2.45, 2.75) is 33.4 Å². The molecular weight excluding hydrogens is 301 g/mol. The Morgan fingerprint density at radius 1 is 1.24 bits per heavy atom. The monoisotopic (exact) mass is 316 g/mol. The van der Waals surface area contributed by atoms with Crippen molar-refractivity contribution < 1.29 is 13.2 Å². The Hall–Kier alpha value is -1.70. The zero-order valence-electron chi connectivity index (χ0n) is 11.9. The normalized spacial score (nSPS) is 11.7. The summed E-state index contributed by atoms with van der Waals surface area (Å²) >= 11 is 0.594. The highest BCUT2D eigenvalue weighted by molar-refractivity contribution is 7.15. The van der Waals surface area contributed by atoms with Crippen molar-refractivity contribution in [3.63, 3.8) is 0 Å².